The Bertz CT molecular complexity index is 576. The zero-order valence-corrected chi connectivity index (χ0v) is 13.4. The highest BCUT2D eigenvalue weighted by molar-refractivity contribution is 5.90. The van der Waals surface area contributed by atoms with E-state index in [-0.39, 0.29) is 31.3 Å². The number of ether oxygens (including phenoxy) is 1. The lowest BCUT2D eigenvalue weighted by Gasteiger charge is -2.23. The fraction of sp³-hybridized carbons (Fsp3) is 0.533. The number of carbonyl (C=O) groups is 3. The molecule has 2 heterocycles. The van der Waals surface area contributed by atoms with Gasteiger partial charge in [-0.25, -0.2) is 10.2 Å². The van der Waals surface area contributed by atoms with Crippen molar-refractivity contribution in [3.63, 3.8) is 0 Å². The van der Waals surface area contributed by atoms with Gasteiger partial charge in [0.2, 0.25) is 11.8 Å². The van der Waals surface area contributed by atoms with Gasteiger partial charge in [0.1, 0.15) is 11.4 Å². The first kappa shape index (κ1) is 16.9. The molecule has 0 radical (unpaired) electrons. The number of nitrogens with one attached hydrogen (secondary N) is 2. The Balaban J connectivity index is 1.81. The first-order valence-corrected chi connectivity index (χ1v) is 7.35. The number of nitrogens with zero attached hydrogens (tertiary/aromatic N) is 1. The second kappa shape index (κ2) is 6.72. The number of hydrazine groups is 1. The second-order valence-electron chi connectivity index (χ2n) is 6.32. The zero-order valence-electron chi connectivity index (χ0n) is 13.4. The summed E-state index contributed by atoms with van der Waals surface area (Å²) in [7, 11) is 0. The number of furan rings is 1. The summed E-state index contributed by atoms with van der Waals surface area (Å²) < 4.78 is 10.2. The standard InChI is InChI=1S/C15H21N3O5/c1-15(2,3)23-14(21)17-18-9-10(7-12(18)19)13(20)16-8-11-5-4-6-22-11/h4-6,10H,7-9H2,1-3H3,(H,16,20)(H,17,21)/t10-/m0/s1. The average molecular weight is 323 g/mol. The molecule has 8 nitrogen and oxygen atoms in total. The lowest BCUT2D eigenvalue weighted by molar-refractivity contribution is -0.130. The molecule has 8 heteroatoms. The van der Waals surface area contributed by atoms with Crippen molar-refractivity contribution in [2.24, 2.45) is 5.92 Å². The molecule has 1 atom stereocenters. The Morgan fingerprint density at radius 1 is 1.43 bits per heavy atom. The van der Waals surface area contributed by atoms with Crippen molar-refractivity contribution in [1.29, 1.82) is 0 Å². The summed E-state index contributed by atoms with van der Waals surface area (Å²) in [6.45, 7) is 5.55. The SMILES string of the molecule is CC(C)(C)OC(=O)NN1C[C@@H](C(=O)NCc2ccco2)CC1=O. The van der Waals surface area contributed by atoms with Gasteiger partial charge < -0.3 is 14.5 Å². The Labute approximate surface area is 134 Å². The molecule has 0 aromatic carbocycles. The first-order valence-electron chi connectivity index (χ1n) is 7.35. The summed E-state index contributed by atoms with van der Waals surface area (Å²) in [5.74, 6) is -0.476. The van der Waals surface area contributed by atoms with Crippen molar-refractivity contribution < 1.29 is 23.5 Å². The Morgan fingerprint density at radius 2 is 2.17 bits per heavy atom. The van der Waals surface area contributed by atoms with Gasteiger partial charge in [0, 0.05) is 6.42 Å². The molecular weight excluding hydrogens is 302 g/mol. The van der Waals surface area contributed by atoms with Gasteiger partial charge >= 0.3 is 6.09 Å². The van der Waals surface area contributed by atoms with Crippen LogP contribution >= 0.6 is 0 Å². The van der Waals surface area contributed by atoms with Crippen LogP contribution in [0.15, 0.2) is 22.8 Å². The lowest BCUT2D eigenvalue weighted by atomic mass is 10.1. The maximum absolute atomic E-state index is 12.1. The highest BCUT2D eigenvalue weighted by atomic mass is 16.6. The largest absolute Gasteiger partial charge is 0.467 e. The van der Waals surface area contributed by atoms with Crippen molar-refractivity contribution in [2.75, 3.05) is 6.54 Å². The number of carbonyl (C=O) groups excluding carboxylic acids is 3. The van der Waals surface area contributed by atoms with Crippen molar-refractivity contribution in [3.8, 4) is 0 Å². The van der Waals surface area contributed by atoms with Crippen molar-refractivity contribution in [2.45, 2.75) is 39.3 Å². The number of hydrogen-bond donors (Lipinski definition) is 2. The maximum Gasteiger partial charge on any atom is 0.426 e. The molecule has 126 valence electrons. The van der Waals surface area contributed by atoms with E-state index in [1.165, 1.54) is 6.26 Å². The van der Waals surface area contributed by atoms with Gasteiger partial charge in [-0.05, 0) is 32.9 Å². The van der Waals surface area contributed by atoms with E-state index in [4.69, 9.17) is 9.15 Å². The molecule has 0 aliphatic carbocycles. The number of amides is 3. The van der Waals surface area contributed by atoms with Crippen LogP contribution < -0.4 is 10.7 Å². The second-order valence-corrected chi connectivity index (χ2v) is 6.32. The summed E-state index contributed by atoms with van der Waals surface area (Å²) in [4.78, 5) is 35.6. The monoisotopic (exact) mass is 323 g/mol. The van der Waals surface area contributed by atoms with Crippen molar-refractivity contribution in [1.82, 2.24) is 15.8 Å². The summed E-state index contributed by atoms with van der Waals surface area (Å²) in [6.07, 6.45) is 0.842. The topological polar surface area (TPSA) is 101 Å². The predicted octanol–water partition coefficient (Wildman–Crippen LogP) is 1.18. The quantitative estimate of drug-likeness (QED) is 0.866. The van der Waals surface area contributed by atoms with Gasteiger partial charge in [0.15, 0.2) is 0 Å². The molecule has 1 saturated heterocycles. The zero-order chi connectivity index (χ0) is 17.0. The van der Waals surface area contributed by atoms with E-state index in [1.54, 1.807) is 32.9 Å². The van der Waals surface area contributed by atoms with Gasteiger partial charge in [-0.1, -0.05) is 0 Å². The number of hydrogen-bond acceptors (Lipinski definition) is 5. The Morgan fingerprint density at radius 3 is 2.78 bits per heavy atom. The van der Waals surface area contributed by atoms with E-state index in [9.17, 15) is 14.4 Å². The average Bonchev–Trinajstić information content (AvgIpc) is 3.04. The summed E-state index contributed by atoms with van der Waals surface area (Å²) in [5.41, 5.74) is 1.70. The lowest BCUT2D eigenvalue weighted by Crippen LogP contribution is -2.46. The molecule has 2 N–H and O–H groups in total. The molecule has 1 aromatic heterocycles. The molecule has 3 amide bonds. The minimum absolute atomic E-state index is 0.0415. The highest BCUT2D eigenvalue weighted by Gasteiger charge is 2.36. The molecule has 1 fully saturated rings. The molecule has 1 aromatic rings. The Kier molecular flexibility index (Phi) is 4.92. The van der Waals surface area contributed by atoms with E-state index in [1.807, 2.05) is 0 Å². The molecular formula is C15H21N3O5. The third-order valence-electron chi connectivity index (χ3n) is 3.14. The minimum Gasteiger partial charge on any atom is -0.467 e. The van der Waals surface area contributed by atoms with Crippen LogP contribution in [0.4, 0.5) is 4.79 Å². The summed E-state index contributed by atoms with van der Waals surface area (Å²) in [5, 5.41) is 3.82. The van der Waals surface area contributed by atoms with Crippen LogP contribution in [-0.2, 0) is 20.9 Å². The molecule has 23 heavy (non-hydrogen) atoms. The highest BCUT2D eigenvalue weighted by Crippen LogP contribution is 2.17. The molecule has 0 saturated carbocycles. The smallest absolute Gasteiger partial charge is 0.426 e. The van der Waals surface area contributed by atoms with Gasteiger partial charge in [-0.15, -0.1) is 0 Å². The van der Waals surface area contributed by atoms with Crippen LogP contribution in [0.5, 0.6) is 0 Å². The van der Waals surface area contributed by atoms with Gasteiger partial charge in [-0.2, -0.15) is 0 Å². The van der Waals surface area contributed by atoms with Crippen LogP contribution in [-0.4, -0.2) is 35.1 Å². The van der Waals surface area contributed by atoms with Crippen molar-refractivity contribution >= 4 is 17.9 Å². The summed E-state index contributed by atoms with van der Waals surface area (Å²) in [6, 6.07) is 3.48. The molecule has 1 aliphatic heterocycles. The van der Waals surface area contributed by atoms with E-state index in [0.717, 1.165) is 5.01 Å². The van der Waals surface area contributed by atoms with Crippen LogP contribution in [0.1, 0.15) is 33.0 Å². The number of rotatable bonds is 4. The fourth-order valence-corrected chi connectivity index (χ4v) is 2.13. The third-order valence-corrected chi connectivity index (χ3v) is 3.14. The normalized spacial score (nSPS) is 18.0. The van der Waals surface area contributed by atoms with Crippen LogP contribution in [0.2, 0.25) is 0 Å². The van der Waals surface area contributed by atoms with Crippen LogP contribution in [0, 0.1) is 5.92 Å². The fourth-order valence-electron chi connectivity index (χ4n) is 2.13. The predicted molar refractivity (Wildman–Crippen MR) is 79.7 cm³/mol. The molecule has 0 bridgehead atoms. The van der Waals surface area contributed by atoms with Crippen LogP contribution in [0.3, 0.4) is 0 Å². The van der Waals surface area contributed by atoms with E-state index in [2.05, 4.69) is 10.7 Å². The summed E-state index contributed by atoms with van der Waals surface area (Å²) >= 11 is 0. The molecule has 0 spiro atoms. The minimum atomic E-state index is -0.720. The van der Waals surface area contributed by atoms with E-state index in [0.29, 0.717) is 5.76 Å². The first-order chi connectivity index (χ1) is 10.7. The third kappa shape index (κ3) is 5.01. The maximum atomic E-state index is 12.1. The van der Waals surface area contributed by atoms with Gasteiger partial charge in [0.25, 0.3) is 0 Å². The van der Waals surface area contributed by atoms with Crippen LogP contribution in [0.25, 0.3) is 0 Å². The molecule has 1 aliphatic rings. The van der Waals surface area contributed by atoms with Crippen molar-refractivity contribution in [3.05, 3.63) is 24.2 Å². The van der Waals surface area contributed by atoms with E-state index < -0.39 is 17.6 Å². The van der Waals surface area contributed by atoms with Gasteiger partial charge in [0.05, 0.1) is 25.3 Å². The molecule has 0 unspecified atom stereocenters. The van der Waals surface area contributed by atoms with E-state index >= 15 is 0 Å². The van der Waals surface area contributed by atoms with Gasteiger partial charge in [-0.3, -0.25) is 14.6 Å². The Hall–Kier alpha value is -2.51. The molecule has 2 rings (SSSR count).